The predicted octanol–water partition coefficient (Wildman–Crippen LogP) is 0.815. The van der Waals surface area contributed by atoms with Gasteiger partial charge in [-0.25, -0.2) is 0 Å². The molecule has 1 unspecified atom stereocenters. The molecule has 1 rings (SSSR count). The van der Waals surface area contributed by atoms with Crippen LogP contribution < -0.4 is 0 Å². The second kappa shape index (κ2) is 2.02. The van der Waals surface area contributed by atoms with E-state index in [2.05, 4.69) is 10.2 Å². The van der Waals surface area contributed by atoms with E-state index in [1.165, 1.54) is 0 Å². The van der Waals surface area contributed by atoms with Crippen molar-refractivity contribution in [3.8, 4) is 0 Å². The summed E-state index contributed by atoms with van der Waals surface area (Å²) in [5.41, 5.74) is 0. The molecule has 3 heteroatoms. The monoisotopic (exact) mass is 100 g/mol. The lowest BCUT2D eigenvalue weighted by molar-refractivity contribution is 0.0546. The molecule has 0 spiro atoms. The van der Waals surface area contributed by atoms with E-state index in [0.29, 0.717) is 0 Å². The van der Waals surface area contributed by atoms with Crippen LogP contribution in [0.15, 0.2) is 10.2 Å². The highest BCUT2D eigenvalue weighted by atomic mass is 16.5. The summed E-state index contributed by atoms with van der Waals surface area (Å²) in [6.45, 7) is 3.33. The Kier molecular flexibility index (Phi) is 1.36. The number of azo groups is 1. The normalized spacial score (nSPS) is 30.7. The van der Waals surface area contributed by atoms with Crippen molar-refractivity contribution < 1.29 is 4.74 Å². The van der Waals surface area contributed by atoms with Gasteiger partial charge in [0.2, 0.25) is 0 Å². The summed E-state index contributed by atoms with van der Waals surface area (Å²) < 4.78 is 5.02. The van der Waals surface area contributed by atoms with Gasteiger partial charge < -0.3 is 4.74 Å². The van der Waals surface area contributed by atoms with E-state index in [1.54, 1.807) is 0 Å². The summed E-state index contributed by atoms with van der Waals surface area (Å²) in [5.74, 6) is 0. The van der Waals surface area contributed by atoms with Gasteiger partial charge in [-0.3, -0.25) is 0 Å². The average Bonchev–Trinajstić information content (AvgIpc) is 1.69. The third-order valence-corrected chi connectivity index (χ3v) is 0.795. The lowest BCUT2D eigenvalue weighted by atomic mass is 10.6. The van der Waals surface area contributed by atoms with Crippen molar-refractivity contribution in [2.45, 2.75) is 13.2 Å². The molecule has 0 aromatic carbocycles. The van der Waals surface area contributed by atoms with Crippen LogP contribution in [0.2, 0.25) is 0 Å². The Morgan fingerprint density at radius 1 is 1.71 bits per heavy atom. The molecule has 1 aliphatic rings. The molecule has 1 aliphatic heterocycles. The maximum atomic E-state index is 5.02. The zero-order valence-corrected chi connectivity index (χ0v) is 4.29. The molecule has 1 heterocycles. The van der Waals surface area contributed by atoms with E-state index >= 15 is 0 Å². The Balaban J connectivity index is 2.36. The molecule has 0 bridgehead atoms. The molecule has 0 aliphatic carbocycles. The largest absolute Gasteiger partial charge is 0.353 e. The van der Waals surface area contributed by atoms with Crippen LogP contribution in [-0.2, 0) is 4.74 Å². The molecule has 0 aromatic heterocycles. The molecule has 0 amide bonds. The zero-order chi connectivity index (χ0) is 5.11. The van der Waals surface area contributed by atoms with Gasteiger partial charge >= 0.3 is 0 Å². The van der Waals surface area contributed by atoms with Crippen LogP contribution in [0.1, 0.15) is 6.92 Å². The van der Waals surface area contributed by atoms with Crippen molar-refractivity contribution in [1.29, 1.82) is 0 Å². The number of hydrogen-bond donors (Lipinski definition) is 0. The van der Waals surface area contributed by atoms with Crippen LogP contribution in [0.4, 0.5) is 0 Å². The first-order chi connectivity index (χ1) is 3.39. The van der Waals surface area contributed by atoms with Gasteiger partial charge in [-0.05, 0) is 6.92 Å². The van der Waals surface area contributed by atoms with E-state index < -0.39 is 0 Å². The molecule has 7 heavy (non-hydrogen) atoms. The summed E-state index contributed by atoms with van der Waals surface area (Å²) >= 11 is 0. The number of rotatable bonds is 0. The standard InChI is InChI=1S/C4H8N2O/c1-4-6-5-2-3-7-4/h4H,2-3H2,1H3. The summed E-state index contributed by atoms with van der Waals surface area (Å²) in [6, 6.07) is 0. The smallest absolute Gasteiger partial charge is 0.165 e. The second-order valence-corrected chi connectivity index (χ2v) is 1.45. The fourth-order valence-corrected chi connectivity index (χ4v) is 0.470. The predicted molar refractivity (Wildman–Crippen MR) is 25.1 cm³/mol. The van der Waals surface area contributed by atoms with Crippen LogP contribution in [-0.4, -0.2) is 19.4 Å². The lowest BCUT2D eigenvalue weighted by Crippen LogP contribution is -2.11. The quantitative estimate of drug-likeness (QED) is 0.443. The van der Waals surface area contributed by atoms with Crippen LogP contribution in [0.5, 0.6) is 0 Å². The third-order valence-electron chi connectivity index (χ3n) is 0.795. The fourth-order valence-electron chi connectivity index (χ4n) is 0.470. The van der Waals surface area contributed by atoms with Gasteiger partial charge in [0.25, 0.3) is 0 Å². The highest BCUT2D eigenvalue weighted by Crippen LogP contribution is 1.98. The lowest BCUT2D eigenvalue weighted by Gasteiger charge is -2.08. The minimum atomic E-state index is -0.00579. The molecule has 0 N–H and O–H groups in total. The highest BCUT2D eigenvalue weighted by molar-refractivity contribution is 4.48. The Labute approximate surface area is 42.4 Å². The SMILES string of the molecule is CC1N=NCCO1. The van der Waals surface area contributed by atoms with Crippen molar-refractivity contribution in [3.63, 3.8) is 0 Å². The van der Waals surface area contributed by atoms with Crippen molar-refractivity contribution in [2.75, 3.05) is 13.2 Å². The van der Waals surface area contributed by atoms with Gasteiger partial charge in [0.05, 0.1) is 13.2 Å². The molecule has 3 nitrogen and oxygen atoms in total. The molecular formula is C4H8N2O. The summed E-state index contributed by atoms with van der Waals surface area (Å²) in [4.78, 5) is 0. The van der Waals surface area contributed by atoms with Gasteiger partial charge in [-0.15, -0.1) is 0 Å². The van der Waals surface area contributed by atoms with E-state index in [-0.39, 0.29) is 6.23 Å². The van der Waals surface area contributed by atoms with Crippen molar-refractivity contribution >= 4 is 0 Å². The second-order valence-electron chi connectivity index (χ2n) is 1.45. The fraction of sp³-hybridized carbons (Fsp3) is 1.00. The molecule has 0 radical (unpaired) electrons. The number of hydrogen-bond acceptors (Lipinski definition) is 3. The van der Waals surface area contributed by atoms with E-state index in [1.807, 2.05) is 6.92 Å². The first kappa shape index (κ1) is 4.71. The first-order valence-corrected chi connectivity index (χ1v) is 2.38. The van der Waals surface area contributed by atoms with Crippen LogP contribution in [0.25, 0.3) is 0 Å². The molecule has 40 valence electrons. The summed E-state index contributed by atoms with van der Waals surface area (Å²) in [5, 5.41) is 7.49. The first-order valence-electron chi connectivity index (χ1n) is 2.38. The molecule has 1 atom stereocenters. The summed E-state index contributed by atoms with van der Waals surface area (Å²) in [7, 11) is 0. The summed E-state index contributed by atoms with van der Waals surface area (Å²) in [6.07, 6.45) is -0.00579. The number of nitrogens with zero attached hydrogens (tertiary/aromatic N) is 2. The number of ether oxygens (including phenoxy) is 1. The van der Waals surface area contributed by atoms with Gasteiger partial charge in [-0.1, -0.05) is 0 Å². The van der Waals surface area contributed by atoms with Crippen LogP contribution in [0, 0.1) is 0 Å². The zero-order valence-electron chi connectivity index (χ0n) is 4.29. The minimum Gasteiger partial charge on any atom is -0.353 e. The Bertz CT molecular complexity index is 81.8. The minimum absolute atomic E-state index is 0.00579. The van der Waals surface area contributed by atoms with E-state index in [0.717, 1.165) is 13.2 Å². The third kappa shape index (κ3) is 1.23. The maximum Gasteiger partial charge on any atom is 0.165 e. The van der Waals surface area contributed by atoms with Gasteiger partial charge in [0, 0.05) is 0 Å². The van der Waals surface area contributed by atoms with Gasteiger partial charge in [0.1, 0.15) is 0 Å². The van der Waals surface area contributed by atoms with Crippen molar-refractivity contribution in [3.05, 3.63) is 0 Å². The van der Waals surface area contributed by atoms with Crippen LogP contribution in [0.3, 0.4) is 0 Å². The molecule has 0 fully saturated rings. The molecular weight excluding hydrogens is 92.1 g/mol. The van der Waals surface area contributed by atoms with Crippen LogP contribution >= 0.6 is 0 Å². The topological polar surface area (TPSA) is 34.0 Å². The van der Waals surface area contributed by atoms with Crippen molar-refractivity contribution in [1.82, 2.24) is 0 Å². The van der Waals surface area contributed by atoms with Crippen molar-refractivity contribution in [2.24, 2.45) is 10.2 Å². The highest BCUT2D eigenvalue weighted by Gasteiger charge is 2.00. The Morgan fingerprint density at radius 3 is 2.86 bits per heavy atom. The molecule has 0 saturated heterocycles. The van der Waals surface area contributed by atoms with E-state index in [9.17, 15) is 0 Å². The molecule has 0 saturated carbocycles. The average molecular weight is 100 g/mol. The van der Waals surface area contributed by atoms with Gasteiger partial charge in [-0.2, -0.15) is 10.2 Å². The molecule has 0 aromatic rings. The van der Waals surface area contributed by atoms with E-state index in [4.69, 9.17) is 4.74 Å². The Morgan fingerprint density at radius 2 is 2.57 bits per heavy atom. The Hall–Kier alpha value is -0.440. The maximum absolute atomic E-state index is 5.02. The van der Waals surface area contributed by atoms with Gasteiger partial charge in [0.15, 0.2) is 6.23 Å².